The topological polar surface area (TPSA) is 39.3 Å². The van der Waals surface area contributed by atoms with Gasteiger partial charge in [0.25, 0.3) is 5.56 Å². The van der Waals surface area contributed by atoms with Crippen LogP contribution in [0.25, 0.3) is 44.4 Å². The summed E-state index contributed by atoms with van der Waals surface area (Å²) in [6, 6.07) is 30.0. The molecule has 0 N–H and O–H groups in total. The number of aromatic nitrogens is 3. The van der Waals surface area contributed by atoms with Gasteiger partial charge in [-0.1, -0.05) is 70.5 Å². The Labute approximate surface area is 186 Å². The smallest absolute Gasteiger partial charge is 0.267 e. The molecular weight excluding hydrogens is 450 g/mol. The zero-order chi connectivity index (χ0) is 20.9. The van der Waals surface area contributed by atoms with Gasteiger partial charge in [-0.3, -0.25) is 9.36 Å². The zero-order valence-corrected chi connectivity index (χ0v) is 18.0. The third kappa shape index (κ3) is 2.89. The molecule has 0 aliphatic rings. The number of rotatable bonds is 2. The molecule has 0 bridgehead atoms. The minimum Gasteiger partial charge on any atom is -0.285 e. The Hall–Kier alpha value is -3.70. The monoisotopic (exact) mass is 465 g/mol. The van der Waals surface area contributed by atoms with Crippen LogP contribution in [-0.4, -0.2) is 14.0 Å². The van der Waals surface area contributed by atoms with Gasteiger partial charge in [-0.25, -0.2) is 9.38 Å². The average Bonchev–Trinajstić information content (AvgIpc) is 3.19. The zero-order valence-electron chi connectivity index (χ0n) is 16.4. The quantitative estimate of drug-likeness (QED) is 0.304. The van der Waals surface area contributed by atoms with Crippen molar-refractivity contribution in [1.29, 1.82) is 0 Å². The molecule has 0 unspecified atom stereocenters. The number of para-hydroxylation sites is 1. The van der Waals surface area contributed by atoms with Crippen molar-refractivity contribution < 1.29 is 0 Å². The molecule has 0 aliphatic heterocycles. The SMILES string of the molecule is O=c1c2ccccc2nc2n(-c3ccc4ccccc4c3)cc(-c3ccc(Br)cc3)n12. The molecule has 0 radical (unpaired) electrons. The summed E-state index contributed by atoms with van der Waals surface area (Å²) < 4.78 is 4.70. The Bertz CT molecular complexity index is 1660. The van der Waals surface area contributed by atoms with E-state index in [4.69, 9.17) is 4.98 Å². The van der Waals surface area contributed by atoms with E-state index in [0.29, 0.717) is 16.7 Å². The number of hydrogen-bond acceptors (Lipinski definition) is 2. The Morgan fingerprint density at radius 2 is 1.52 bits per heavy atom. The second-order valence-electron chi connectivity index (χ2n) is 7.49. The van der Waals surface area contributed by atoms with Gasteiger partial charge in [-0.05, 0) is 47.2 Å². The molecule has 0 aliphatic carbocycles. The molecular formula is C26H16BrN3O. The van der Waals surface area contributed by atoms with Crippen molar-refractivity contribution in [3.63, 3.8) is 0 Å². The summed E-state index contributed by atoms with van der Waals surface area (Å²) in [5, 5.41) is 2.92. The minimum absolute atomic E-state index is 0.0712. The summed E-state index contributed by atoms with van der Waals surface area (Å²) in [6.45, 7) is 0. The highest BCUT2D eigenvalue weighted by atomic mass is 79.9. The fraction of sp³-hybridized carbons (Fsp3) is 0. The molecule has 4 nitrogen and oxygen atoms in total. The van der Waals surface area contributed by atoms with E-state index in [0.717, 1.165) is 26.8 Å². The molecule has 6 rings (SSSR count). The van der Waals surface area contributed by atoms with Gasteiger partial charge in [0.15, 0.2) is 0 Å². The van der Waals surface area contributed by atoms with E-state index >= 15 is 0 Å². The summed E-state index contributed by atoms with van der Waals surface area (Å²) in [5.41, 5.74) is 3.33. The number of fused-ring (bicyclic) bond motifs is 3. The van der Waals surface area contributed by atoms with Gasteiger partial charge in [0.2, 0.25) is 5.78 Å². The summed E-state index contributed by atoms with van der Waals surface area (Å²) in [4.78, 5) is 18.4. The van der Waals surface area contributed by atoms with Crippen molar-refractivity contribution in [1.82, 2.24) is 14.0 Å². The fourth-order valence-corrected chi connectivity index (χ4v) is 4.34. The summed E-state index contributed by atoms with van der Waals surface area (Å²) in [6.07, 6.45) is 2.00. The van der Waals surface area contributed by atoms with Gasteiger partial charge in [-0.2, -0.15) is 0 Å². The van der Waals surface area contributed by atoms with Crippen molar-refractivity contribution >= 4 is 43.4 Å². The van der Waals surface area contributed by atoms with Crippen LogP contribution in [0.5, 0.6) is 0 Å². The maximum Gasteiger partial charge on any atom is 0.267 e. The maximum absolute atomic E-state index is 13.5. The average molecular weight is 466 g/mol. The first-order chi connectivity index (χ1) is 15.2. The third-order valence-corrected chi connectivity index (χ3v) is 6.15. The van der Waals surface area contributed by atoms with Crippen LogP contribution in [0, 0.1) is 0 Å². The summed E-state index contributed by atoms with van der Waals surface area (Å²) in [7, 11) is 0. The van der Waals surface area contributed by atoms with Crippen LogP contribution in [0.1, 0.15) is 0 Å². The van der Waals surface area contributed by atoms with Crippen LogP contribution in [0.2, 0.25) is 0 Å². The van der Waals surface area contributed by atoms with Gasteiger partial charge in [0.1, 0.15) is 0 Å². The van der Waals surface area contributed by atoms with Gasteiger partial charge in [-0.15, -0.1) is 0 Å². The van der Waals surface area contributed by atoms with E-state index in [1.807, 2.05) is 71.4 Å². The second-order valence-corrected chi connectivity index (χ2v) is 8.41. The predicted octanol–water partition coefficient (Wildman–Crippen LogP) is 6.22. The van der Waals surface area contributed by atoms with Crippen LogP contribution in [0.4, 0.5) is 0 Å². The number of halogens is 1. The molecule has 148 valence electrons. The van der Waals surface area contributed by atoms with E-state index in [1.54, 1.807) is 4.40 Å². The third-order valence-electron chi connectivity index (χ3n) is 5.62. The number of benzene rings is 4. The number of hydrogen-bond donors (Lipinski definition) is 0. The van der Waals surface area contributed by atoms with E-state index in [2.05, 4.69) is 46.3 Å². The van der Waals surface area contributed by atoms with Crippen molar-refractivity contribution in [2.24, 2.45) is 0 Å². The fourth-order valence-electron chi connectivity index (χ4n) is 4.08. The molecule has 2 heterocycles. The molecule has 0 atom stereocenters. The predicted molar refractivity (Wildman–Crippen MR) is 129 cm³/mol. The Kier molecular flexibility index (Phi) is 4.04. The Balaban J connectivity index is 1.73. The Morgan fingerprint density at radius 1 is 0.774 bits per heavy atom. The normalized spacial score (nSPS) is 11.5. The van der Waals surface area contributed by atoms with Gasteiger partial charge >= 0.3 is 0 Å². The largest absolute Gasteiger partial charge is 0.285 e. The summed E-state index contributed by atoms with van der Waals surface area (Å²) >= 11 is 3.49. The Morgan fingerprint density at radius 3 is 2.35 bits per heavy atom. The van der Waals surface area contributed by atoms with E-state index in [1.165, 1.54) is 5.39 Å². The molecule has 0 saturated carbocycles. The van der Waals surface area contributed by atoms with E-state index < -0.39 is 0 Å². The highest BCUT2D eigenvalue weighted by molar-refractivity contribution is 9.10. The van der Waals surface area contributed by atoms with Crippen LogP contribution in [-0.2, 0) is 0 Å². The molecule has 0 spiro atoms. The first-order valence-electron chi connectivity index (χ1n) is 9.97. The lowest BCUT2D eigenvalue weighted by atomic mass is 10.1. The second kappa shape index (κ2) is 6.93. The van der Waals surface area contributed by atoms with Gasteiger partial charge in [0.05, 0.1) is 16.6 Å². The molecule has 0 saturated heterocycles. The number of imidazole rings is 1. The first kappa shape index (κ1) is 18.1. The molecule has 4 aromatic carbocycles. The highest BCUT2D eigenvalue weighted by Crippen LogP contribution is 2.27. The lowest BCUT2D eigenvalue weighted by Gasteiger charge is -2.07. The summed E-state index contributed by atoms with van der Waals surface area (Å²) in [5.74, 6) is 0.594. The molecule has 2 aromatic heterocycles. The molecule has 6 aromatic rings. The maximum atomic E-state index is 13.5. The standard InChI is InChI=1S/C26H16BrN3O/c27-20-12-9-18(10-13-20)24-16-29(21-14-11-17-5-1-2-6-19(17)15-21)26-28-23-8-4-3-7-22(23)25(31)30(24)26/h1-16H. The molecule has 0 amide bonds. The van der Waals surface area contributed by atoms with Crippen molar-refractivity contribution in [3.05, 3.63) is 112 Å². The van der Waals surface area contributed by atoms with Crippen LogP contribution < -0.4 is 5.56 Å². The number of nitrogens with zero attached hydrogens (tertiary/aromatic N) is 3. The highest BCUT2D eigenvalue weighted by Gasteiger charge is 2.17. The lowest BCUT2D eigenvalue weighted by Crippen LogP contribution is -2.16. The van der Waals surface area contributed by atoms with Crippen LogP contribution in [0.3, 0.4) is 0 Å². The molecule has 5 heteroatoms. The van der Waals surface area contributed by atoms with Crippen LogP contribution >= 0.6 is 15.9 Å². The van der Waals surface area contributed by atoms with Gasteiger partial charge < -0.3 is 0 Å². The molecule has 0 fully saturated rings. The van der Waals surface area contributed by atoms with Crippen molar-refractivity contribution in [2.45, 2.75) is 0 Å². The van der Waals surface area contributed by atoms with E-state index in [-0.39, 0.29) is 5.56 Å². The van der Waals surface area contributed by atoms with Crippen molar-refractivity contribution in [2.75, 3.05) is 0 Å². The lowest BCUT2D eigenvalue weighted by molar-refractivity contribution is 1.03. The van der Waals surface area contributed by atoms with Gasteiger partial charge in [0, 0.05) is 21.9 Å². The molecule has 31 heavy (non-hydrogen) atoms. The van der Waals surface area contributed by atoms with Crippen LogP contribution in [0.15, 0.2) is 106 Å². The van der Waals surface area contributed by atoms with E-state index in [9.17, 15) is 4.79 Å². The van der Waals surface area contributed by atoms with Crippen molar-refractivity contribution in [3.8, 4) is 16.9 Å². The first-order valence-corrected chi connectivity index (χ1v) is 10.8. The minimum atomic E-state index is -0.0712.